The van der Waals surface area contributed by atoms with Gasteiger partial charge in [-0.15, -0.1) is 0 Å². The van der Waals surface area contributed by atoms with Crippen molar-refractivity contribution in [2.75, 3.05) is 30.0 Å². The van der Waals surface area contributed by atoms with E-state index in [2.05, 4.69) is 5.32 Å². The minimum absolute atomic E-state index is 0.275. The highest BCUT2D eigenvalue weighted by molar-refractivity contribution is 7.92. The molecule has 0 fully saturated rings. The Balaban J connectivity index is 2.06. The zero-order valence-corrected chi connectivity index (χ0v) is 16.6. The van der Waals surface area contributed by atoms with Crippen LogP contribution in [0, 0.1) is 0 Å². The summed E-state index contributed by atoms with van der Waals surface area (Å²) in [6, 6.07) is 13.6. The van der Waals surface area contributed by atoms with Crippen molar-refractivity contribution in [3.05, 3.63) is 48.5 Å². The number of rotatable bonds is 8. The molecule has 0 saturated heterocycles. The molecule has 8 heteroatoms. The van der Waals surface area contributed by atoms with Crippen LogP contribution in [0.4, 0.5) is 11.4 Å². The molecule has 146 valence electrons. The Bertz CT molecular complexity index is 881. The quantitative estimate of drug-likeness (QED) is 0.747. The van der Waals surface area contributed by atoms with E-state index in [1.807, 2.05) is 6.92 Å². The molecule has 0 radical (unpaired) electrons. The van der Waals surface area contributed by atoms with Gasteiger partial charge < -0.3 is 14.8 Å². The van der Waals surface area contributed by atoms with Crippen LogP contribution in [0.5, 0.6) is 11.5 Å². The van der Waals surface area contributed by atoms with Crippen molar-refractivity contribution < 1.29 is 22.7 Å². The molecule has 0 saturated carbocycles. The normalized spacial score (nSPS) is 12.1. The van der Waals surface area contributed by atoms with Crippen molar-refractivity contribution >= 4 is 27.3 Å². The van der Waals surface area contributed by atoms with Crippen molar-refractivity contribution in [1.29, 1.82) is 0 Å². The lowest BCUT2D eigenvalue weighted by molar-refractivity contribution is -0.122. The fourth-order valence-electron chi connectivity index (χ4n) is 2.34. The molecule has 1 amide bonds. The van der Waals surface area contributed by atoms with Crippen LogP contribution in [0.15, 0.2) is 48.5 Å². The van der Waals surface area contributed by atoms with Crippen LogP contribution < -0.4 is 19.1 Å². The monoisotopic (exact) mass is 392 g/mol. The van der Waals surface area contributed by atoms with E-state index in [-0.39, 0.29) is 5.91 Å². The highest BCUT2D eigenvalue weighted by Crippen LogP contribution is 2.22. The van der Waals surface area contributed by atoms with Gasteiger partial charge in [0.2, 0.25) is 10.0 Å². The van der Waals surface area contributed by atoms with Gasteiger partial charge in [0.25, 0.3) is 5.91 Å². The first-order chi connectivity index (χ1) is 12.7. The number of nitrogens with one attached hydrogen (secondary N) is 1. The predicted octanol–water partition coefficient (Wildman–Crippen LogP) is 2.89. The Kier molecular flexibility index (Phi) is 6.68. The fourth-order valence-corrected chi connectivity index (χ4v) is 2.84. The van der Waals surface area contributed by atoms with E-state index in [1.165, 1.54) is 11.4 Å². The first-order valence-electron chi connectivity index (χ1n) is 8.40. The minimum Gasteiger partial charge on any atom is -0.497 e. The van der Waals surface area contributed by atoms with E-state index < -0.39 is 16.1 Å². The van der Waals surface area contributed by atoms with Gasteiger partial charge in [0.15, 0.2) is 6.10 Å². The van der Waals surface area contributed by atoms with Crippen LogP contribution in [-0.2, 0) is 14.8 Å². The number of amides is 1. The Morgan fingerprint density at radius 3 is 2.37 bits per heavy atom. The summed E-state index contributed by atoms with van der Waals surface area (Å²) in [7, 11) is -0.299. The molecular formula is C19H24N2O5S. The smallest absolute Gasteiger partial charge is 0.265 e. The Labute approximate surface area is 160 Å². The number of carbonyl (C=O) groups is 1. The second-order valence-corrected chi connectivity index (χ2v) is 7.97. The molecule has 0 aliphatic rings. The third-order valence-corrected chi connectivity index (χ3v) is 5.18. The van der Waals surface area contributed by atoms with Crippen molar-refractivity contribution in [3.63, 3.8) is 0 Å². The molecule has 0 heterocycles. The fraction of sp³-hybridized carbons (Fsp3) is 0.316. The van der Waals surface area contributed by atoms with Crippen molar-refractivity contribution in [1.82, 2.24) is 0 Å². The highest BCUT2D eigenvalue weighted by atomic mass is 32.2. The number of ether oxygens (including phenoxy) is 2. The first kappa shape index (κ1) is 20.6. The van der Waals surface area contributed by atoms with Crippen LogP contribution in [0.25, 0.3) is 0 Å². The van der Waals surface area contributed by atoms with E-state index in [0.29, 0.717) is 29.3 Å². The number of hydrogen-bond acceptors (Lipinski definition) is 5. The van der Waals surface area contributed by atoms with Gasteiger partial charge in [0.1, 0.15) is 11.5 Å². The summed E-state index contributed by atoms with van der Waals surface area (Å²) in [5, 5.41) is 2.81. The molecule has 0 unspecified atom stereocenters. The number of sulfonamides is 1. The predicted molar refractivity (Wildman–Crippen MR) is 106 cm³/mol. The number of nitrogens with zero attached hydrogens (tertiary/aromatic N) is 1. The van der Waals surface area contributed by atoms with Crippen LogP contribution in [0.1, 0.15) is 13.3 Å². The van der Waals surface area contributed by atoms with Gasteiger partial charge in [0.05, 0.1) is 19.1 Å². The first-order valence-corrected chi connectivity index (χ1v) is 10.2. The Hall–Kier alpha value is -2.74. The lowest BCUT2D eigenvalue weighted by Gasteiger charge is -2.19. The van der Waals surface area contributed by atoms with Crippen LogP contribution >= 0.6 is 0 Å². The SMILES string of the molecule is CC[C@H](Oc1ccc(N(C)S(C)(=O)=O)cc1)C(=O)Nc1cccc(OC)c1. The van der Waals surface area contributed by atoms with Gasteiger partial charge in [-0.25, -0.2) is 8.42 Å². The molecule has 0 spiro atoms. The zero-order chi connectivity index (χ0) is 20.0. The Morgan fingerprint density at radius 1 is 1.15 bits per heavy atom. The summed E-state index contributed by atoms with van der Waals surface area (Å²) in [6.07, 6.45) is 0.920. The van der Waals surface area contributed by atoms with E-state index in [1.54, 1.807) is 55.6 Å². The van der Waals surface area contributed by atoms with Gasteiger partial charge in [-0.05, 0) is 42.8 Å². The molecule has 27 heavy (non-hydrogen) atoms. The van der Waals surface area contributed by atoms with Gasteiger partial charge in [-0.2, -0.15) is 0 Å². The molecule has 2 rings (SSSR count). The molecule has 0 aromatic heterocycles. The zero-order valence-electron chi connectivity index (χ0n) is 15.8. The van der Waals surface area contributed by atoms with E-state index in [9.17, 15) is 13.2 Å². The molecule has 0 bridgehead atoms. The lowest BCUT2D eigenvalue weighted by Crippen LogP contribution is -2.32. The number of carbonyl (C=O) groups excluding carboxylic acids is 1. The molecule has 1 atom stereocenters. The molecule has 7 nitrogen and oxygen atoms in total. The topological polar surface area (TPSA) is 84.9 Å². The largest absolute Gasteiger partial charge is 0.497 e. The lowest BCUT2D eigenvalue weighted by atomic mass is 10.2. The summed E-state index contributed by atoms with van der Waals surface area (Å²) in [4.78, 5) is 12.5. The Morgan fingerprint density at radius 2 is 1.81 bits per heavy atom. The summed E-state index contributed by atoms with van der Waals surface area (Å²) in [5.74, 6) is 0.851. The maximum atomic E-state index is 12.5. The van der Waals surface area contributed by atoms with Crippen LogP contribution in [0.2, 0.25) is 0 Å². The second-order valence-electron chi connectivity index (χ2n) is 5.96. The molecule has 1 N–H and O–H groups in total. The summed E-state index contributed by atoms with van der Waals surface area (Å²) >= 11 is 0. The number of hydrogen-bond donors (Lipinski definition) is 1. The summed E-state index contributed by atoms with van der Waals surface area (Å²) in [6.45, 7) is 1.85. The van der Waals surface area contributed by atoms with E-state index in [0.717, 1.165) is 6.26 Å². The molecule has 2 aromatic rings. The molecular weight excluding hydrogens is 368 g/mol. The average molecular weight is 392 g/mol. The van der Waals surface area contributed by atoms with Crippen molar-refractivity contribution in [2.45, 2.75) is 19.4 Å². The minimum atomic E-state index is -3.33. The third-order valence-electron chi connectivity index (χ3n) is 3.98. The summed E-state index contributed by atoms with van der Waals surface area (Å²) < 4.78 is 35.2. The number of benzene rings is 2. The molecule has 0 aliphatic heterocycles. The van der Waals surface area contributed by atoms with Crippen LogP contribution in [0.3, 0.4) is 0 Å². The third kappa shape index (κ3) is 5.62. The molecule has 2 aromatic carbocycles. The average Bonchev–Trinajstić information content (AvgIpc) is 2.65. The van der Waals surface area contributed by atoms with Crippen molar-refractivity contribution in [3.8, 4) is 11.5 Å². The number of methoxy groups -OCH3 is 1. The summed E-state index contributed by atoms with van der Waals surface area (Å²) in [5.41, 5.74) is 1.13. The van der Waals surface area contributed by atoms with Gasteiger partial charge in [0, 0.05) is 18.8 Å². The molecule has 0 aliphatic carbocycles. The van der Waals surface area contributed by atoms with Crippen LogP contribution in [-0.4, -0.2) is 40.8 Å². The highest BCUT2D eigenvalue weighted by Gasteiger charge is 2.19. The maximum absolute atomic E-state index is 12.5. The second kappa shape index (κ2) is 8.77. The van der Waals surface area contributed by atoms with Crippen molar-refractivity contribution in [2.24, 2.45) is 0 Å². The number of anilines is 2. The maximum Gasteiger partial charge on any atom is 0.265 e. The van der Waals surface area contributed by atoms with Gasteiger partial charge in [-0.3, -0.25) is 9.10 Å². The van der Waals surface area contributed by atoms with E-state index in [4.69, 9.17) is 9.47 Å². The van der Waals surface area contributed by atoms with E-state index >= 15 is 0 Å². The van der Waals surface area contributed by atoms with Gasteiger partial charge in [-0.1, -0.05) is 13.0 Å². The standard InChI is InChI=1S/C19H24N2O5S/c1-5-18(19(22)20-14-7-6-8-17(13-14)25-3)26-16-11-9-15(10-12-16)21(2)27(4,23)24/h6-13,18H,5H2,1-4H3,(H,20,22)/t18-/m0/s1. The van der Waals surface area contributed by atoms with Gasteiger partial charge >= 0.3 is 0 Å².